The van der Waals surface area contributed by atoms with Gasteiger partial charge >= 0.3 is 5.69 Å². The summed E-state index contributed by atoms with van der Waals surface area (Å²) in [7, 11) is 0. The van der Waals surface area contributed by atoms with Gasteiger partial charge in [-0.05, 0) is 38.6 Å². The largest absolute Gasteiger partial charge is 0.385 e. The Labute approximate surface area is 125 Å². The Morgan fingerprint density at radius 2 is 2.14 bits per heavy atom. The quantitative estimate of drug-likeness (QED) is 0.877. The summed E-state index contributed by atoms with van der Waals surface area (Å²) in [5.74, 6) is 0.954. The molecule has 1 aromatic heterocycles. The molecule has 2 unspecified atom stereocenters. The van der Waals surface area contributed by atoms with Crippen LogP contribution >= 0.6 is 0 Å². The Morgan fingerprint density at radius 1 is 1.43 bits per heavy atom. The predicted octanol–water partition coefficient (Wildman–Crippen LogP) is 1.32. The molecule has 1 aromatic rings. The van der Waals surface area contributed by atoms with Gasteiger partial charge in [0.25, 0.3) is 5.56 Å². The molecule has 0 bridgehead atoms. The maximum Gasteiger partial charge on any atom is 0.330 e. The van der Waals surface area contributed by atoms with Crippen molar-refractivity contribution in [2.24, 2.45) is 5.92 Å². The Balaban J connectivity index is 2.35. The molecule has 2 atom stereocenters. The minimum absolute atomic E-state index is 0.0200. The number of rotatable bonds is 4. The highest BCUT2D eigenvalue weighted by Gasteiger charge is 2.21. The van der Waals surface area contributed by atoms with E-state index in [0.717, 1.165) is 25.9 Å². The number of H-pyrrole nitrogens is 1. The fourth-order valence-electron chi connectivity index (χ4n) is 3.03. The molecule has 0 aliphatic carbocycles. The molecule has 0 saturated carbocycles. The molecule has 1 fully saturated rings. The summed E-state index contributed by atoms with van der Waals surface area (Å²) in [6, 6.07) is -0.0200. The van der Waals surface area contributed by atoms with E-state index in [2.05, 4.69) is 16.8 Å². The van der Waals surface area contributed by atoms with Crippen molar-refractivity contribution < 1.29 is 0 Å². The molecule has 2 heterocycles. The lowest BCUT2D eigenvalue weighted by molar-refractivity contribution is 0.176. The first-order valence-corrected chi connectivity index (χ1v) is 7.79. The predicted molar refractivity (Wildman–Crippen MR) is 84.4 cm³/mol. The minimum atomic E-state index is -0.414. The van der Waals surface area contributed by atoms with Crippen LogP contribution < -0.4 is 17.0 Å². The van der Waals surface area contributed by atoms with E-state index in [-0.39, 0.29) is 11.6 Å². The number of nitrogens with one attached hydrogen (secondary N) is 1. The van der Waals surface area contributed by atoms with Gasteiger partial charge in [0.1, 0.15) is 5.82 Å². The Bertz CT molecular complexity index is 605. The molecule has 6 nitrogen and oxygen atoms in total. The zero-order valence-electron chi connectivity index (χ0n) is 13.2. The lowest BCUT2D eigenvalue weighted by Crippen LogP contribution is -2.40. The molecular weight excluding hydrogens is 268 g/mol. The highest BCUT2D eigenvalue weighted by Crippen LogP contribution is 2.19. The summed E-state index contributed by atoms with van der Waals surface area (Å²) in [5.41, 5.74) is 5.88. The van der Waals surface area contributed by atoms with Crippen LogP contribution in [0.15, 0.2) is 9.59 Å². The number of aromatic nitrogens is 2. The number of nitrogens with two attached hydrogens (primary N) is 1. The van der Waals surface area contributed by atoms with Crippen molar-refractivity contribution in [1.29, 1.82) is 0 Å². The van der Waals surface area contributed by atoms with Crippen LogP contribution in [0.25, 0.3) is 0 Å². The summed E-state index contributed by atoms with van der Waals surface area (Å²) in [5, 5.41) is 0. The van der Waals surface area contributed by atoms with Crippen molar-refractivity contribution >= 4 is 5.82 Å². The second-order valence-corrected chi connectivity index (χ2v) is 6.23. The van der Waals surface area contributed by atoms with Gasteiger partial charge in [0, 0.05) is 19.1 Å². The summed E-state index contributed by atoms with van der Waals surface area (Å²) < 4.78 is 1.50. The monoisotopic (exact) mass is 294 g/mol. The van der Waals surface area contributed by atoms with Crippen LogP contribution in [0, 0.1) is 5.92 Å². The fourth-order valence-corrected chi connectivity index (χ4v) is 3.03. The molecule has 0 spiro atoms. The van der Waals surface area contributed by atoms with Crippen molar-refractivity contribution in [3.05, 3.63) is 26.4 Å². The number of nitrogens with zero attached hydrogens (tertiary/aromatic N) is 2. The van der Waals surface area contributed by atoms with Gasteiger partial charge in [-0.15, -0.1) is 0 Å². The minimum Gasteiger partial charge on any atom is -0.385 e. The van der Waals surface area contributed by atoms with Gasteiger partial charge in [0.15, 0.2) is 0 Å². The van der Waals surface area contributed by atoms with Crippen LogP contribution in [-0.4, -0.2) is 27.5 Å². The summed E-state index contributed by atoms with van der Waals surface area (Å²) in [4.78, 5) is 28.7. The maximum absolute atomic E-state index is 12.1. The molecule has 0 radical (unpaired) electrons. The van der Waals surface area contributed by atoms with Gasteiger partial charge in [0.05, 0.1) is 5.56 Å². The molecular formula is C15H26N4O2. The van der Waals surface area contributed by atoms with Crippen molar-refractivity contribution in [3.63, 3.8) is 0 Å². The third-order valence-corrected chi connectivity index (χ3v) is 4.44. The zero-order valence-corrected chi connectivity index (χ0v) is 13.2. The van der Waals surface area contributed by atoms with Gasteiger partial charge in [-0.25, -0.2) is 4.79 Å². The van der Waals surface area contributed by atoms with E-state index in [4.69, 9.17) is 5.73 Å². The van der Waals surface area contributed by atoms with Crippen LogP contribution in [0.3, 0.4) is 0 Å². The average Bonchev–Trinajstić information content (AvgIpc) is 2.43. The first kappa shape index (κ1) is 15.8. The van der Waals surface area contributed by atoms with E-state index in [9.17, 15) is 9.59 Å². The van der Waals surface area contributed by atoms with E-state index in [0.29, 0.717) is 23.8 Å². The standard InChI is InChI=1S/C15H26N4O2/c1-4-11(3)19-13(16)12(14(20)17-15(19)21)9-18-7-5-6-10(2)8-18/h10-11H,4-9,16H2,1-3H3,(H,17,20,21). The summed E-state index contributed by atoms with van der Waals surface area (Å²) in [6.45, 7) is 8.62. The first-order valence-electron chi connectivity index (χ1n) is 7.79. The number of hydrogen-bond donors (Lipinski definition) is 2. The third-order valence-electron chi connectivity index (χ3n) is 4.44. The number of anilines is 1. The van der Waals surface area contributed by atoms with Gasteiger partial charge in [-0.2, -0.15) is 0 Å². The topological polar surface area (TPSA) is 84.1 Å². The smallest absolute Gasteiger partial charge is 0.330 e. The van der Waals surface area contributed by atoms with E-state index in [1.807, 2.05) is 13.8 Å². The second kappa shape index (κ2) is 6.47. The van der Waals surface area contributed by atoms with Crippen molar-refractivity contribution in [3.8, 4) is 0 Å². The molecule has 21 heavy (non-hydrogen) atoms. The maximum atomic E-state index is 12.1. The van der Waals surface area contributed by atoms with E-state index >= 15 is 0 Å². The Hall–Kier alpha value is -1.56. The Kier molecular flexibility index (Phi) is 4.88. The van der Waals surface area contributed by atoms with Gasteiger partial charge < -0.3 is 5.73 Å². The summed E-state index contributed by atoms with van der Waals surface area (Å²) >= 11 is 0. The lowest BCUT2D eigenvalue weighted by Gasteiger charge is -2.31. The molecule has 6 heteroatoms. The number of likely N-dealkylation sites (tertiary alicyclic amines) is 1. The normalized spacial score (nSPS) is 21.4. The number of piperidine rings is 1. The molecule has 1 saturated heterocycles. The van der Waals surface area contributed by atoms with Gasteiger partial charge in [0.2, 0.25) is 0 Å². The van der Waals surface area contributed by atoms with Crippen LogP contribution in [0.4, 0.5) is 5.82 Å². The molecule has 1 aliphatic rings. The third kappa shape index (κ3) is 3.37. The van der Waals surface area contributed by atoms with Crippen LogP contribution in [0.2, 0.25) is 0 Å². The van der Waals surface area contributed by atoms with Crippen LogP contribution in [-0.2, 0) is 6.54 Å². The molecule has 0 aromatic carbocycles. The van der Waals surface area contributed by atoms with Crippen molar-refractivity contribution in [1.82, 2.24) is 14.5 Å². The van der Waals surface area contributed by atoms with Crippen molar-refractivity contribution in [2.75, 3.05) is 18.8 Å². The number of aromatic amines is 1. The van der Waals surface area contributed by atoms with E-state index < -0.39 is 5.69 Å². The SMILES string of the molecule is CCC(C)n1c(N)c(CN2CCCC(C)C2)c(=O)[nH]c1=O. The second-order valence-electron chi connectivity index (χ2n) is 6.23. The van der Waals surface area contributed by atoms with E-state index in [1.54, 1.807) is 0 Å². The highest BCUT2D eigenvalue weighted by molar-refractivity contribution is 5.38. The number of hydrogen-bond acceptors (Lipinski definition) is 4. The average molecular weight is 294 g/mol. The highest BCUT2D eigenvalue weighted by atomic mass is 16.2. The summed E-state index contributed by atoms with van der Waals surface area (Å²) in [6.07, 6.45) is 3.16. The van der Waals surface area contributed by atoms with Crippen molar-refractivity contribution in [2.45, 2.75) is 52.6 Å². The molecule has 2 rings (SSSR count). The van der Waals surface area contributed by atoms with Crippen LogP contribution in [0.5, 0.6) is 0 Å². The number of nitrogen functional groups attached to an aromatic ring is 1. The lowest BCUT2D eigenvalue weighted by atomic mass is 10.00. The molecule has 3 N–H and O–H groups in total. The molecule has 1 aliphatic heterocycles. The molecule has 0 amide bonds. The molecule has 118 valence electrons. The first-order chi connectivity index (χ1) is 9.93. The Morgan fingerprint density at radius 3 is 2.76 bits per heavy atom. The van der Waals surface area contributed by atoms with Crippen LogP contribution in [0.1, 0.15) is 51.6 Å². The fraction of sp³-hybridized carbons (Fsp3) is 0.733. The van der Waals surface area contributed by atoms with Gasteiger partial charge in [-0.1, -0.05) is 13.8 Å². The zero-order chi connectivity index (χ0) is 15.6. The van der Waals surface area contributed by atoms with Gasteiger partial charge in [-0.3, -0.25) is 19.2 Å². The van der Waals surface area contributed by atoms with E-state index in [1.165, 1.54) is 11.0 Å².